The molecule has 5 rings (SSSR count). The van der Waals surface area contributed by atoms with Crippen LogP contribution >= 0.6 is 11.6 Å². The first-order chi connectivity index (χ1) is 17.2. The first kappa shape index (κ1) is 24.0. The Morgan fingerprint density at radius 3 is 2.72 bits per heavy atom. The molecule has 13 heteroatoms. The fraction of sp³-hybridized carbons (Fsp3) is 0.304. The molecule has 2 aromatic heterocycles. The Bertz CT molecular complexity index is 1370. The van der Waals surface area contributed by atoms with Crippen LogP contribution in [0.4, 0.5) is 34.9 Å². The second-order valence-corrected chi connectivity index (χ2v) is 8.84. The van der Waals surface area contributed by atoms with Gasteiger partial charge in [0.1, 0.15) is 22.6 Å². The molecule has 8 nitrogen and oxygen atoms in total. The Hall–Kier alpha value is -3.67. The summed E-state index contributed by atoms with van der Waals surface area (Å²) in [6.45, 7) is 1.52. The standard InChI is InChI=1S/C23H19ClF4N6O2/c1-2-16(35)34-8-7-33(10-23(34)5-6-23)21-12(25)9-14-19(32-21)20(30-11-29-14)31-13-3-4-15(36-22(27)28)17(24)18(13)26/h2-4,9,11,22H,1,5-8,10H2,(H,29,30,31). The fourth-order valence-electron chi connectivity index (χ4n) is 4.39. The number of pyridine rings is 1. The Kier molecular flexibility index (Phi) is 6.07. The zero-order chi connectivity index (χ0) is 25.6. The quantitative estimate of drug-likeness (QED) is 0.372. The van der Waals surface area contributed by atoms with E-state index in [9.17, 15) is 18.0 Å². The Morgan fingerprint density at radius 1 is 1.25 bits per heavy atom. The lowest BCUT2D eigenvalue weighted by molar-refractivity contribution is -0.129. The average molecular weight is 523 g/mol. The van der Waals surface area contributed by atoms with Gasteiger partial charge in [-0.15, -0.1) is 0 Å². The minimum absolute atomic E-state index is 0.0523. The highest BCUT2D eigenvalue weighted by molar-refractivity contribution is 6.32. The van der Waals surface area contributed by atoms with Crippen LogP contribution in [0.3, 0.4) is 0 Å². The van der Waals surface area contributed by atoms with E-state index in [2.05, 4.69) is 31.6 Å². The third-order valence-electron chi connectivity index (χ3n) is 6.28. The number of alkyl halides is 2. The van der Waals surface area contributed by atoms with Gasteiger partial charge in [0.2, 0.25) is 5.91 Å². The number of halogens is 5. The maximum atomic E-state index is 15.1. The molecule has 2 aliphatic rings. The lowest BCUT2D eigenvalue weighted by atomic mass is 10.1. The van der Waals surface area contributed by atoms with Crippen molar-refractivity contribution >= 4 is 45.9 Å². The van der Waals surface area contributed by atoms with E-state index in [1.165, 1.54) is 12.1 Å². The van der Waals surface area contributed by atoms with E-state index in [-0.39, 0.29) is 39.8 Å². The third-order valence-corrected chi connectivity index (χ3v) is 6.63. The summed E-state index contributed by atoms with van der Waals surface area (Å²) >= 11 is 5.84. The van der Waals surface area contributed by atoms with Gasteiger partial charge in [-0.3, -0.25) is 4.79 Å². The average Bonchev–Trinajstić information content (AvgIpc) is 3.61. The Balaban J connectivity index is 1.47. The fourth-order valence-corrected chi connectivity index (χ4v) is 4.60. The summed E-state index contributed by atoms with van der Waals surface area (Å²) in [5, 5.41) is 2.08. The van der Waals surface area contributed by atoms with Crippen molar-refractivity contribution in [3.05, 3.63) is 53.8 Å². The third kappa shape index (κ3) is 4.25. The molecule has 2 fully saturated rings. The van der Waals surface area contributed by atoms with Crippen molar-refractivity contribution in [3.8, 4) is 5.75 Å². The molecule has 3 heterocycles. The summed E-state index contributed by atoms with van der Waals surface area (Å²) in [5.41, 5.74) is -0.239. The number of nitrogens with one attached hydrogen (secondary N) is 1. The summed E-state index contributed by atoms with van der Waals surface area (Å²) in [6, 6.07) is 3.44. The van der Waals surface area contributed by atoms with Gasteiger partial charge in [0, 0.05) is 25.7 Å². The number of benzene rings is 1. The van der Waals surface area contributed by atoms with Crippen molar-refractivity contribution in [1.29, 1.82) is 0 Å². The number of anilines is 3. The molecule has 1 aliphatic heterocycles. The summed E-state index contributed by atoms with van der Waals surface area (Å²) in [7, 11) is 0. The van der Waals surface area contributed by atoms with Crippen LogP contribution < -0.4 is 15.0 Å². The number of rotatable bonds is 6. The summed E-state index contributed by atoms with van der Waals surface area (Å²) in [5.74, 6) is -2.22. The summed E-state index contributed by atoms with van der Waals surface area (Å²) in [6.07, 6.45) is 4.01. The van der Waals surface area contributed by atoms with Crippen molar-refractivity contribution in [2.75, 3.05) is 29.9 Å². The summed E-state index contributed by atoms with van der Waals surface area (Å²) < 4.78 is 59.1. The lowest BCUT2D eigenvalue weighted by Gasteiger charge is -2.42. The Labute approximate surface area is 207 Å². The van der Waals surface area contributed by atoms with Crippen LogP contribution in [0.5, 0.6) is 5.75 Å². The van der Waals surface area contributed by atoms with E-state index in [4.69, 9.17) is 11.6 Å². The van der Waals surface area contributed by atoms with Gasteiger partial charge < -0.3 is 19.9 Å². The van der Waals surface area contributed by atoms with Crippen LogP contribution in [0.2, 0.25) is 5.02 Å². The first-order valence-electron chi connectivity index (χ1n) is 10.9. The molecule has 0 atom stereocenters. The van der Waals surface area contributed by atoms with Gasteiger partial charge in [-0.05, 0) is 31.1 Å². The van der Waals surface area contributed by atoms with Gasteiger partial charge in [-0.1, -0.05) is 18.2 Å². The molecule has 0 unspecified atom stereocenters. The van der Waals surface area contributed by atoms with Crippen molar-refractivity contribution in [2.45, 2.75) is 25.0 Å². The number of carbonyl (C=O) groups is 1. The van der Waals surface area contributed by atoms with E-state index in [1.54, 1.807) is 9.80 Å². The zero-order valence-corrected chi connectivity index (χ0v) is 19.4. The maximum Gasteiger partial charge on any atom is 0.387 e. The highest BCUT2D eigenvalue weighted by Crippen LogP contribution is 2.45. The molecule has 3 aromatic rings. The maximum absolute atomic E-state index is 15.1. The van der Waals surface area contributed by atoms with Crippen LogP contribution in [0.15, 0.2) is 37.2 Å². The molecule has 1 aliphatic carbocycles. The largest absolute Gasteiger partial charge is 0.433 e. The minimum Gasteiger partial charge on any atom is -0.433 e. The Morgan fingerprint density at radius 2 is 2.03 bits per heavy atom. The molecule has 0 bridgehead atoms. The number of hydrogen-bond donors (Lipinski definition) is 1. The second kappa shape index (κ2) is 9.08. The lowest BCUT2D eigenvalue weighted by Crippen LogP contribution is -2.57. The number of fused-ring (bicyclic) bond motifs is 1. The molecule has 0 radical (unpaired) electrons. The van der Waals surface area contributed by atoms with Crippen molar-refractivity contribution in [2.24, 2.45) is 0 Å². The van der Waals surface area contributed by atoms with Crippen LogP contribution in [0.25, 0.3) is 11.0 Å². The van der Waals surface area contributed by atoms with E-state index in [0.717, 1.165) is 31.3 Å². The van der Waals surface area contributed by atoms with Gasteiger partial charge in [0.15, 0.2) is 23.3 Å². The molecule has 1 aromatic carbocycles. The predicted molar refractivity (Wildman–Crippen MR) is 125 cm³/mol. The van der Waals surface area contributed by atoms with Gasteiger partial charge in [0.25, 0.3) is 0 Å². The number of nitrogens with zero attached hydrogens (tertiary/aromatic N) is 5. The monoisotopic (exact) mass is 522 g/mol. The number of piperazine rings is 1. The normalized spacial score (nSPS) is 16.5. The van der Waals surface area contributed by atoms with E-state index >= 15 is 4.39 Å². The van der Waals surface area contributed by atoms with Gasteiger partial charge in [-0.2, -0.15) is 8.78 Å². The van der Waals surface area contributed by atoms with Crippen LogP contribution in [0, 0.1) is 11.6 Å². The highest BCUT2D eigenvalue weighted by Gasteiger charge is 2.53. The number of carbonyl (C=O) groups excluding carboxylic acids is 1. The van der Waals surface area contributed by atoms with E-state index in [0.29, 0.717) is 19.6 Å². The molecular weight excluding hydrogens is 504 g/mol. The predicted octanol–water partition coefficient (Wildman–Crippen LogP) is 4.67. The minimum atomic E-state index is -3.17. The van der Waals surface area contributed by atoms with Crippen molar-refractivity contribution < 1.29 is 27.1 Å². The molecule has 1 N–H and O–H groups in total. The van der Waals surface area contributed by atoms with Crippen molar-refractivity contribution in [1.82, 2.24) is 19.9 Å². The van der Waals surface area contributed by atoms with E-state index < -0.39 is 29.0 Å². The molecule has 1 saturated heterocycles. The molecule has 1 saturated carbocycles. The van der Waals surface area contributed by atoms with Gasteiger partial charge in [0.05, 0.1) is 16.7 Å². The van der Waals surface area contributed by atoms with Crippen LogP contribution in [-0.4, -0.2) is 57.5 Å². The van der Waals surface area contributed by atoms with Crippen molar-refractivity contribution in [3.63, 3.8) is 0 Å². The zero-order valence-electron chi connectivity index (χ0n) is 18.6. The van der Waals surface area contributed by atoms with Crippen LogP contribution in [-0.2, 0) is 4.79 Å². The molecule has 188 valence electrons. The molecule has 36 heavy (non-hydrogen) atoms. The second-order valence-electron chi connectivity index (χ2n) is 8.47. The number of hydrogen-bond acceptors (Lipinski definition) is 7. The number of amides is 1. The van der Waals surface area contributed by atoms with Gasteiger partial charge in [-0.25, -0.2) is 23.7 Å². The molecule has 1 spiro atoms. The van der Waals surface area contributed by atoms with Crippen LogP contribution in [0.1, 0.15) is 12.8 Å². The number of aromatic nitrogens is 3. The van der Waals surface area contributed by atoms with Gasteiger partial charge >= 0.3 is 6.61 Å². The van der Waals surface area contributed by atoms with E-state index in [1.807, 2.05) is 0 Å². The SMILES string of the molecule is C=CC(=O)N1CCN(c2nc3c(Nc4ccc(OC(F)F)c(Cl)c4F)ncnc3cc2F)CC12CC2. The molecular formula is C23H19ClF4N6O2. The first-order valence-corrected chi connectivity index (χ1v) is 11.3. The highest BCUT2D eigenvalue weighted by atomic mass is 35.5. The smallest absolute Gasteiger partial charge is 0.387 e. The summed E-state index contributed by atoms with van der Waals surface area (Å²) in [4.78, 5) is 28.4. The topological polar surface area (TPSA) is 83.5 Å². The molecule has 1 amide bonds. The number of ether oxygens (including phenoxy) is 1.